The maximum Gasteiger partial charge on any atom is 0.429 e. The van der Waals surface area contributed by atoms with Gasteiger partial charge in [0.1, 0.15) is 0 Å². The summed E-state index contributed by atoms with van der Waals surface area (Å²) >= 11 is 0. The van der Waals surface area contributed by atoms with Gasteiger partial charge in [-0.1, -0.05) is 12.7 Å². The van der Waals surface area contributed by atoms with Crippen molar-refractivity contribution in [3.05, 3.63) is 43.0 Å². The Morgan fingerprint density at radius 2 is 2.20 bits per heavy atom. The highest BCUT2D eigenvalue weighted by atomic mass is 19.4. The number of ether oxygens (including phenoxy) is 1. The van der Waals surface area contributed by atoms with Crippen LogP contribution in [-0.4, -0.2) is 33.9 Å². The Hall–Kier alpha value is -2.09. The quantitative estimate of drug-likeness (QED) is 0.507. The summed E-state index contributed by atoms with van der Waals surface area (Å²) in [5, 5.41) is 10.0. The largest absolute Gasteiger partial charge is 0.466 e. The Kier molecular flexibility index (Phi) is 4.39. The van der Waals surface area contributed by atoms with Crippen molar-refractivity contribution in [3.8, 4) is 0 Å². The fourth-order valence-electron chi connectivity index (χ4n) is 1.62. The lowest BCUT2D eigenvalue weighted by Crippen LogP contribution is -2.48. The molecule has 5 nitrogen and oxygen atoms in total. The highest BCUT2D eigenvalue weighted by Gasteiger charge is 2.61. The van der Waals surface area contributed by atoms with E-state index in [-0.39, 0.29) is 6.54 Å². The monoisotopic (exact) mass is 290 g/mol. The number of halogens is 3. The van der Waals surface area contributed by atoms with E-state index in [0.29, 0.717) is 0 Å². The normalized spacial score (nSPS) is 14.4. The molecule has 1 rings (SSSR count). The molecule has 0 aliphatic carbocycles. The molecule has 1 aromatic heterocycles. The molecule has 8 heteroatoms. The van der Waals surface area contributed by atoms with Gasteiger partial charge in [0.25, 0.3) is 5.60 Å². The molecule has 20 heavy (non-hydrogen) atoms. The number of hydrogen-bond donors (Lipinski definition) is 1. The molecule has 0 bridgehead atoms. The minimum Gasteiger partial charge on any atom is -0.466 e. The van der Waals surface area contributed by atoms with Gasteiger partial charge in [-0.05, 0) is 0 Å². The number of methoxy groups -OCH3 is 1. The number of alkyl halides is 3. The van der Waals surface area contributed by atoms with Gasteiger partial charge >= 0.3 is 12.1 Å². The Morgan fingerprint density at radius 1 is 1.60 bits per heavy atom. The third-order valence-corrected chi connectivity index (χ3v) is 2.64. The maximum absolute atomic E-state index is 13.2. The predicted molar refractivity (Wildman–Crippen MR) is 63.5 cm³/mol. The number of aromatic nitrogens is 2. The minimum atomic E-state index is -5.19. The fourth-order valence-corrected chi connectivity index (χ4v) is 1.62. The van der Waals surface area contributed by atoms with Crippen molar-refractivity contribution in [3.63, 3.8) is 0 Å². The molecule has 0 aliphatic rings. The number of hydrogen-bond acceptors (Lipinski definition) is 4. The molecule has 1 unspecified atom stereocenters. The maximum atomic E-state index is 13.2. The molecule has 0 spiro atoms. The standard InChI is InChI=1S/C12H13F3N2O3/c1-4-6-17-7-5-16-10(17)11(19,12(13,14)15)8(2)9(18)20-3/h4-5,7,19H,1-2,6H2,3H3. The number of imidazole rings is 1. The number of carbonyl (C=O) groups is 1. The average Bonchev–Trinajstić information content (AvgIpc) is 2.83. The van der Waals surface area contributed by atoms with E-state index in [1.165, 1.54) is 12.3 Å². The molecule has 0 aliphatic heterocycles. The average molecular weight is 290 g/mol. The van der Waals surface area contributed by atoms with Crippen molar-refractivity contribution in [2.75, 3.05) is 7.11 Å². The molecule has 0 radical (unpaired) electrons. The van der Waals surface area contributed by atoms with Crippen LogP contribution >= 0.6 is 0 Å². The van der Waals surface area contributed by atoms with Gasteiger partial charge in [-0.15, -0.1) is 6.58 Å². The summed E-state index contributed by atoms with van der Waals surface area (Å²) in [6.07, 6.45) is -1.58. The van der Waals surface area contributed by atoms with Gasteiger partial charge < -0.3 is 14.4 Å². The van der Waals surface area contributed by atoms with Crippen LogP contribution in [0.5, 0.6) is 0 Å². The number of allylic oxidation sites excluding steroid dienone is 1. The van der Waals surface area contributed by atoms with Crippen molar-refractivity contribution >= 4 is 5.97 Å². The topological polar surface area (TPSA) is 64.3 Å². The molecule has 0 saturated carbocycles. The second kappa shape index (κ2) is 5.49. The molecule has 0 amide bonds. The summed E-state index contributed by atoms with van der Waals surface area (Å²) < 4.78 is 44.9. The second-order valence-corrected chi connectivity index (χ2v) is 3.87. The molecule has 0 aromatic carbocycles. The van der Waals surface area contributed by atoms with E-state index in [4.69, 9.17) is 0 Å². The van der Waals surface area contributed by atoms with Gasteiger partial charge in [0.2, 0.25) is 0 Å². The molecular formula is C12H13F3N2O3. The van der Waals surface area contributed by atoms with Gasteiger partial charge in [0, 0.05) is 18.9 Å². The van der Waals surface area contributed by atoms with Crippen molar-refractivity contribution < 1.29 is 27.8 Å². The highest BCUT2D eigenvalue weighted by molar-refractivity contribution is 5.90. The van der Waals surface area contributed by atoms with Crippen molar-refractivity contribution in [2.45, 2.75) is 18.3 Å². The molecule has 0 saturated heterocycles. The van der Waals surface area contributed by atoms with Crippen molar-refractivity contribution in [1.29, 1.82) is 0 Å². The van der Waals surface area contributed by atoms with E-state index in [2.05, 4.69) is 22.9 Å². The van der Waals surface area contributed by atoms with Gasteiger partial charge in [-0.3, -0.25) is 0 Å². The Bertz CT molecular complexity index is 536. The number of nitrogens with zero attached hydrogens (tertiary/aromatic N) is 2. The fraction of sp³-hybridized carbons (Fsp3) is 0.333. The summed E-state index contributed by atoms with van der Waals surface area (Å²) in [7, 11) is 0.889. The first kappa shape index (κ1) is 16.0. The van der Waals surface area contributed by atoms with Crippen LogP contribution in [0.2, 0.25) is 0 Å². The molecule has 1 N–H and O–H groups in total. The van der Waals surface area contributed by atoms with E-state index in [1.807, 2.05) is 0 Å². The number of aliphatic hydroxyl groups is 1. The molecule has 1 heterocycles. The first-order valence-corrected chi connectivity index (χ1v) is 5.39. The first-order chi connectivity index (χ1) is 9.20. The summed E-state index contributed by atoms with van der Waals surface area (Å²) in [6.45, 7) is 6.36. The SMILES string of the molecule is C=CCn1ccnc1C(O)(C(=C)C(=O)OC)C(F)(F)F. The second-order valence-electron chi connectivity index (χ2n) is 3.87. The first-order valence-electron chi connectivity index (χ1n) is 5.39. The van der Waals surface area contributed by atoms with Gasteiger partial charge in [0.15, 0.2) is 5.82 Å². The summed E-state index contributed by atoms with van der Waals surface area (Å²) in [4.78, 5) is 14.8. The van der Waals surface area contributed by atoms with Crippen LogP contribution in [0.25, 0.3) is 0 Å². The third-order valence-electron chi connectivity index (χ3n) is 2.64. The Balaban J connectivity index is 3.47. The van der Waals surface area contributed by atoms with Gasteiger partial charge in [0.05, 0.1) is 12.7 Å². The molecule has 1 atom stereocenters. The molecule has 0 fully saturated rings. The molecule has 110 valence electrons. The molecule has 1 aromatic rings. The smallest absolute Gasteiger partial charge is 0.429 e. The van der Waals surface area contributed by atoms with E-state index in [1.54, 1.807) is 0 Å². The lowest BCUT2D eigenvalue weighted by molar-refractivity contribution is -0.254. The summed E-state index contributed by atoms with van der Waals surface area (Å²) in [5.74, 6) is -2.15. The predicted octanol–water partition coefficient (Wildman–Crippen LogP) is 1.55. The number of carbonyl (C=O) groups excluding carboxylic acids is 1. The minimum absolute atomic E-state index is 0.0256. The van der Waals surface area contributed by atoms with E-state index < -0.39 is 29.1 Å². The lowest BCUT2D eigenvalue weighted by atomic mass is 9.92. The molecular weight excluding hydrogens is 277 g/mol. The van der Waals surface area contributed by atoms with Crippen molar-refractivity contribution in [1.82, 2.24) is 9.55 Å². The summed E-state index contributed by atoms with van der Waals surface area (Å²) in [6, 6.07) is 0. The zero-order valence-corrected chi connectivity index (χ0v) is 10.6. The van der Waals surface area contributed by atoms with Gasteiger partial charge in [-0.2, -0.15) is 13.2 Å². The Labute approximate surface area is 113 Å². The van der Waals surface area contributed by atoms with Crippen LogP contribution < -0.4 is 0 Å². The van der Waals surface area contributed by atoms with Crippen molar-refractivity contribution in [2.24, 2.45) is 0 Å². The van der Waals surface area contributed by atoms with E-state index >= 15 is 0 Å². The Morgan fingerprint density at radius 3 is 2.65 bits per heavy atom. The van der Waals surface area contributed by atoms with Crippen LogP contribution in [0.4, 0.5) is 13.2 Å². The number of rotatable bonds is 5. The van der Waals surface area contributed by atoms with Crippen LogP contribution in [-0.2, 0) is 21.7 Å². The highest BCUT2D eigenvalue weighted by Crippen LogP contribution is 2.43. The zero-order valence-electron chi connectivity index (χ0n) is 10.6. The van der Waals surface area contributed by atoms with E-state index in [0.717, 1.165) is 17.9 Å². The van der Waals surface area contributed by atoms with Crippen LogP contribution in [0.3, 0.4) is 0 Å². The van der Waals surface area contributed by atoms with Crippen LogP contribution in [0.1, 0.15) is 5.82 Å². The zero-order chi connectivity index (χ0) is 15.6. The van der Waals surface area contributed by atoms with Crippen LogP contribution in [0, 0.1) is 0 Å². The van der Waals surface area contributed by atoms with Crippen LogP contribution in [0.15, 0.2) is 37.2 Å². The number of esters is 1. The van der Waals surface area contributed by atoms with E-state index in [9.17, 15) is 23.1 Å². The summed E-state index contributed by atoms with van der Waals surface area (Å²) in [5.41, 5.74) is -4.80. The lowest BCUT2D eigenvalue weighted by Gasteiger charge is -2.30. The van der Waals surface area contributed by atoms with Gasteiger partial charge in [-0.25, -0.2) is 9.78 Å². The third kappa shape index (κ3) is 2.46.